The lowest BCUT2D eigenvalue weighted by Gasteiger charge is -2.20. The minimum atomic E-state index is -0.734. The monoisotopic (exact) mass is 289 g/mol. The maximum absolute atomic E-state index is 12.9. The number of carbonyl (C=O) groups excluding carboxylic acids is 1. The van der Waals surface area contributed by atoms with Gasteiger partial charge in [-0.05, 0) is 17.7 Å². The van der Waals surface area contributed by atoms with Gasteiger partial charge < -0.3 is 14.7 Å². The van der Waals surface area contributed by atoms with E-state index < -0.39 is 11.9 Å². The number of methoxy groups -OCH3 is 1. The summed E-state index contributed by atoms with van der Waals surface area (Å²) in [5, 5.41) is 9.75. The second-order valence-electron chi connectivity index (χ2n) is 4.30. The summed E-state index contributed by atoms with van der Waals surface area (Å²) in [6, 6.07) is 3.91. The van der Waals surface area contributed by atoms with E-state index in [4.69, 9.17) is 16.3 Å². The summed E-state index contributed by atoms with van der Waals surface area (Å²) in [7, 11) is 3.06. The molecule has 1 unspecified atom stereocenters. The van der Waals surface area contributed by atoms with Crippen LogP contribution in [-0.2, 0) is 16.0 Å². The number of aliphatic hydroxyl groups is 1. The Morgan fingerprint density at radius 1 is 1.58 bits per heavy atom. The van der Waals surface area contributed by atoms with Crippen molar-refractivity contribution in [2.75, 3.05) is 27.3 Å². The Kier molecular flexibility index (Phi) is 6.21. The fraction of sp³-hybridized carbons (Fsp3) is 0.462. The Bertz CT molecular complexity index is 442. The zero-order valence-electron chi connectivity index (χ0n) is 10.9. The molecule has 1 rings (SSSR count). The van der Waals surface area contributed by atoms with Gasteiger partial charge in [-0.1, -0.05) is 17.7 Å². The molecule has 0 saturated carbocycles. The lowest BCUT2D eigenvalue weighted by Crippen LogP contribution is -2.37. The van der Waals surface area contributed by atoms with E-state index >= 15 is 0 Å². The molecule has 0 aromatic heterocycles. The molecule has 0 aliphatic heterocycles. The number of hydrogen-bond acceptors (Lipinski definition) is 3. The van der Waals surface area contributed by atoms with Crippen LogP contribution in [0.3, 0.4) is 0 Å². The van der Waals surface area contributed by atoms with Crippen LogP contribution in [0.15, 0.2) is 18.2 Å². The molecule has 1 N–H and O–H groups in total. The fourth-order valence-electron chi connectivity index (χ4n) is 1.63. The van der Waals surface area contributed by atoms with Gasteiger partial charge in [0.15, 0.2) is 0 Å². The highest BCUT2D eigenvalue weighted by molar-refractivity contribution is 6.31. The number of likely N-dealkylation sites (N-methyl/N-ethyl adjacent to an activating group) is 1. The Morgan fingerprint density at radius 2 is 2.26 bits per heavy atom. The first-order valence-corrected chi connectivity index (χ1v) is 6.16. The molecule has 1 aromatic carbocycles. The van der Waals surface area contributed by atoms with Crippen LogP contribution in [-0.4, -0.2) is 49.3 Å². The molecular formula is C13H17ClFNO3. The van der Waals surface area contributed by atoms with Crippen molar-refractivity contribution < 1.29 is 19.0 Å². The minimum Gasteiger partial charge on any atom is -0.389 e. The third kappa shape index (κ3) is 5.14. The van der Waals surface area contributed by atoms with E-state index in [0.717, 1.165) is 0 Å². The number of amides is 1. The zero-order chi connectivity index (χ0) is 14.4. The first-order valence-electron chi connectivity index (χ1n) is 5.79. The van der Waals surface area contributed by atoms with E-state index in [1.807, 2.05) is 0 Å². The third-order valence-electron chi connectivity index (χ3n) is 2.63. The molecule has 6 heteroatoms. The van der Waals surface area contributed by atoms with Crippen molar-refractivity contribution in [3.8, 4) is 0 Å². The molecule has 0 fully saturated rings. The van der Waals surface area contributed by atoms with E-state index in [1.165, 1.54) is 30.2 Å². The predicted molar refractivity (Wildman–Crippen MR) is 70.6 cm³/mol. The molecule has 0 radical (unpaired) electrons. The van der Waals surface area contributed by atoms with Crippen LogP contribution in [0.5, 0.6) is 0 Å². The van der Waals surface area contributed by atoms with Crippen LogP contribution in [0.25, 0.3) is 0 Å². The number of benzene rings is 1. The SMILES string of the molecule is COCC(O)CN(C)C(=O)Cc1ccc(F)cc1Cl. The Hall–Kier alpha value is -1.17. The zero-order valence-corrected chi connectivity index (χ0v) is 11.7. The average Bonchev–Trinajstić information content (AvgIpc) is 2.32. The number of nitrogens with zero attached hydrogens (tertiary/aromatic N) is 1. The highest BCUT2D eigenvalue weighted by Crippen LogP contribution is 2.18. The fourth-order valence-corrected chi connectivity index (χ4v) is 1.86. The molecule has 106 valence electrons. The van der Waals surface area contributed by atoms with Gasteiger partial charge >= 0.3 is 0 Å². The maximum atomic E-state index is 12.9. The van der Waals surface area contributed by atoms with Gasteiger partial charge in [0.2, 0.25) is 5.91 Å². The van der Waals surface area contributed by atoms with Gasteiger partial charge in [0.25, 0.3) is 0 Å². The van der Waals surface area contributed by atoms with Crippen molar-refractivity contribution in [3.05, 3.63) is 34.6 Å². The van der Waals surface area contributed by atoms with Gasteiger partial charge in [0, 0.05) is 25.7 Å². The number of halogens is 2. The normalized spacial score (nSPS) is 12.3. The molecule has 1 amide bonds. The molecule has 19 heavy (non-hydrogen) atoms. The van der Waals surface area contributed by atoms with Crippen molar-refractivity contribution in [2.24, 2.45) is 0 Å². The smallest absolute Gasteiger partial charge is 0.226 e. The third-order valence-corrected chi connectivity index (χ3v) is 2.98. The molecular weight excluding hydrogens is 273 g/mol. The molecule has 0 spiro atoms. The van der Waals surface area contributed by atoms with E-state index in [1.54, 1.807) is 7.05 Å². The van der Waals surface area contributed by atoms with Gasteiger partial charge in [0.05, 0.1) is 19.1 Å². The van der Waals surface area contributed by atoms with Crippen LogP contribution in [0.4, 0.5) is 4.39 Å². The summed E-state index contributed by atoms with van der Waals surface area (Å²) in [6.07, 6.45) is -0.669. The molecule has 0 saturated heterocycles. The molecule has 4 nitrogen and oxygen atoms in total. The molecule has 0 bridgehead atoms. The first-order chi connectivity index (χ1) is 8.93. The van der Waals surface area contributed by atoms with E-state index in [-0.39, 0.29) is 30.5 Å². The van der Waals surface area contributed by atoms with Gasteiger partial charge in [-0.3, -0.25) is 4.79 Å². The number of rotatable bonds is 6. The minimum absolute atomic E-state index is 0.0648. The number of carbonyl (C=O) groups is 1. The van der Waals surface area contributed by atoms with Crippen molar-refractivity contribution in [2.45, 2.75) is 12.5 Å². The topological polar surface area (TPSA) is 49.8 Å². The molecule has 0 aliphatic rings. The lowest BCUT2D eigenvalue weighted by molar-refractivity contribution is -0.130. The van der Waals surface area contributed by atoms with E-state index in [2.05, 4.69) is 0 Å². The second kappa shape index (κ2) is 7.43. The van der Waals surface area contributed by atoms with E-state index in [0.29, 0.717) is 5.56 Å². The van der Waals surface area contributed by atoms with Crippen molar-refractivity contribution in [3.63, 3.8) is 0 Å². The number of aliphatic hydroxyl groups excluding tert-OH is 1. The summed E-state index contributed by atoms with van der Waals surface area (Å²) in [5.74, 6) is -0.645. The van der Waals surface area contributed by atoms with Crippen molar-refractivity contribution in [1.82, 2.24) is 4.90 Å². The maximum Gasteiger partial charge on any atom is 0.226 e. The van der Waals surface area contributed by atoms with Gasteiger partial charge in [-0.25, -0.2) is 4.39 Å². The van der Waals surface area contributed by atoms with Gasteiger partial charge in [0.1, 0.15) is 5.82 Å². The molecule has 0 aliphatic carbocycles. The quantitative estimate of drug-likeness (QED) is 0.863. The average molecular weight is 290 g/mol. The van der Waals surface area contributed by atoms with E-state index in [9.17, 15) is 14.3 Å². The number of hydrogen-bond donors (Lipinski definition) is 1. The number of ether oxygens (including phenoxy) is 1. The van der Waals surface area contributed by atoms with Crippen LogP contribution in [0.1, 0.15) is 5.56 Å². The van der Waals surface area contributed by atoms with Crippen LogP contribution < -0.4 is 0 Å². The highest BCUT2D eigenvalue weighted by atomic mass is 35.5. The van der Waals surface area contributed by atoms with Crippen molar-refractivity contribution in [1.29, 1.82) is 0 Å². The highest BCUT2D eigenvalue weighted by Gasteiger charge is 2.15. The predicted octanol–water partition coefficient (Wildman–Crippen LogP) is 1.49. The molecule has 0 heterocycles. The molecule has 1 aromatic rings. The van der Waals surface area contributed by atoms with Crippen LogP contribution in [0.2, 0.25) is 5.02 Å². The van der Waals surface area contributed by atoms with Crippen molar-refractivity contribution >= 4 is 17.5 Å². The summed E-state index contributed by atoms with van der Waals surface area (Å²) in [6.45, 7) is 0.334. The Labute approximate surface area is 116 Å². The van der Waals surface area contributed by atoms with Crippen LogP contribution in [0, 0.1) is 5.82 Å². The summed E-state index contributed by atoms with van der Waals surface area (Å²) in [5.41, 5.74) is 0.557. The Balaban J connectivity index is 2.58. The summed E-state index contributed by atoms with van der Waals surface area (Å²) >= 11 is 5.85. The van der Waals surface area contributed by atoms with Gasteiger partial charge in [-0.15, -0.1) is 0 Å². The summed E-state index contributed by atoms with van der Waals surface area (Å²) in [4.78, 5) is 13.3. The second-order valence-corrected chi connectivity index (χ2v) is 4.70. The summed E-state index contributed by atoms with van der Waals surface area (Å²) < 4.78 is 17.7. The first kappa shape index (κ1) is 15.9. The van der Waals surface area contributed by atoms with Gasteiger partial charge in [-0.2, -0.15) is 0 Å². The standard InChI is InChI=1S/C13H17ClFNO3/c1-16(7-11(17)8-19-2)13(18)5-9-3-4-10(15)6-12(9)14/h3-4,6,11,17H,5,7-8H2,1-2H3. The van der Waals surface area contributed by atoms with Crippen LogP contribution >= 0.6 is 11.6 Å². The largest absolute Gasteiger partial charge is 0.389 e. The Morgan fingerprint density at radius 3 is 2.84 bits per heavy atom. The lowest BCUT2D eigenvalue weighted by atomic mass is 10.1. The molecule has 1 atom stereocenters.